The molecule has 5 N–H and O–H groups in total. The third kappa shape index (κ3) is 5.38. The maximum Gasteiger partial charge on any atom is 0.138 e. The van der Waals surface area contributed by atoms with E-state index < -0.39 is 0 Å². The number of nitrogens with two attached hydrogens (primary N) is 1. The van der Waals surface area contributed by atoms with Gasteiger partial charge in [0.05, 0.1) is 6.04 Å². The number of nitrogens with one attached hydrogen (secondary N) is 3. The second-order valence-electron chi connectivity index (χ2n) is 8.23. The molecule has 0 radical (unpaired) electrons. The summed E-state index contributed by atoms with van der Waals surface area (Å²) in [6.07, 6.45) is 13.0. The molecule has 3 rings (SSSR count). The molecule has 2 unspecified atom stereocenters. The van der Waals surface area contributed by atoms with Crippen LogP contribution in [0.4, 0.5) is 4.39 Å². The predicted molar refractivity (Wildman–Crippen MR) is 122 cm³/mol. The molecular weight excluding hydrogens is 377 g/mol. The van der Waals surface area contributed by atoms with Crippen LogP contribution in [-0.2, 0) is 6.42 Å². The highest BCUT2D eigenvalue weighted by Gasteiger charge is 2.27. The highest BCUT2D eigenvalue weighted by atomic mass is 19.1. The van der Waals surface area contributed by atoms with Crippen molar-refractivity contribution in [3.8, 4) is 0 Å². The van der Waals surface area contributed by atoms with E-state index in [1.54, 1.807) is 24.6 Å². The third-order valence-electron chi connectivity index (χ3n) is 5.93. The van der Waals surface area contributed by atoms with Crippen LogP contribution in [0.5, 0.6) is 0 Å². The van der Waals surface area contributed by atoms with E-state index in [-0.39, 0.29) is 11.9 Å². The van der Waals surface area contributed by atoms with Crippen LogP contribution in [0.3, 0.4) is 0 Å². The van der Waals surface area contributed by atoms with E-state index in [1.807, 2.05) is 6.07 Å². The maximum atomic E-state index is 15.6. The summed E-state index contributed by atoms with van der Waals surface area (Å²) in [6.45, 7) is 6.85. The Morgan fingerprint density at radius 3 is 2.83 bits per heavy atom. The Hall–Kier alpha value is -2.89. The molecule has 2 aliphatic rings. The third-order valence-corrected chi connectivity index (χ3v) is 5.93. The smallest absolute Gasteiger partial charge is 0.138 e. The molecule has 160 valence electrons. The molecule has 2 atom stereocenters. The summed E-state index contributed by atoms with van der Waals surface area (Å²) < 4.78 is 15.6. The van der Waals surface area contributed by atoms with E-state index in [0.29, 0.717) is 29.6 Å². The molecule has 0 spiro atoms. The zero-order valence-corrected chi connectivity index (χ0v) is 17.6. The van der Waals surface area contributed by atoms with Gasteiger partial charge < -0.3 is 21.8 Å². The van der Waals surface area contributed by atoms with Crippen molar-refractivity contribution < 1.29 is 4.39 Å². The van der Waals surface area contributed by atoms with Gasteiger partial charge in [0.2, 0.25) is 0 Å². The van der Waals surface area contributed by atoms with E-state index in [4.69, 9.17) is 11.1 Å². The molecular formula is C24H32FN5. The number of aliphatic imine (C=N–C) groups is 1. The minimum Gasteiger partial charge on any atom is -0.385 e. The lowest BCUT2D eigenvalue weighted by molar-refractivity contribution is 0.411. The minimum absolute atomic E-state index is 0.115. The number of allylic oxidation sites excluding steroid dienone is 2. The summed E-state index contributed by atoms with van der Waals surface area (Å²) in [5.41, 5.74) is 9.09. The lowest BCUT2D eigenvalue weighted by Crippen LogP contribution is -2.25. The Morgan fingerprint density at radius 1 is 1.43 bits per heavy atom. The van der Waals surface area contributed by atoms with Crippen LogP contribution in [0.2, 0.25) is 0 Å². The number of halogens is 1. The van der Waals surface area contributed by atoms with Gasteiger partial charge in [-0.05, 0) is 60.8 Å². The van der Waals surface area contributed by atoms with Crippen LogP contribution in [-0.4, -0.2) is 19.0 Å². The van der Waals surface area contributed by atoms with Gasteiger partial charge in [-0.1, -0.05) is 32.1 Å². The van der Waals surface area contributed by atoms with Crippen molar-refractivity contribution in [3.63, 3.8) is 0 Å². The fraction of sp³-hybridized carbons (Fsp3) is 0.417. The molecule has 1 aliphatic carbocycles. The molecule has 1 aromatic rings. The standard InChI is InChI=1S/C24H32FN5/c1-16(13-28-17(2)5-4-12-26)8-9-20-19(18-6-3-7-18)10-11-21(24(20)25)22-14-30-23(27)15-29-22/h4-5,10-12,14-16,18,22,26,28-29H,2-3,6-9,13,27H2,1H3/b5-4-,26-12?. The van der Waals surface area contributed by atoms with Crippen molar-refractivity contribution in [2.24, 2.45) is 16.6 Å². The topological polar surface area (TPSA) is 86.3 Å². The first-order chi connectivity index (χ1) is 14.5. The molecule has 1 saturated carbocycles. The van der Waals surface area contributed by atoms with E-state index in [9.17, 15) is 0 Å². The Labute approximate surface area is 178 Å². The predicted octanol–water partition coefficient (Wildman–Crippen LogP) is 4.44. The van der Waals surface area contributed by atoms with Crippen LogP contribution < -0.4 is 16.4 Å². The van der Waals surface area contributed by atoms with Crippen molar-refractivity contribution >= 4 is 12.4 Å². The Bertz CT molecular complexity index is 867. The summed E-state index contributed by atoms with van der Waals surface area (Å²) in [5, 5.41) is 13.4. The number of benzene rings is 1. The Morgan fingerprint density at radius 2 is 2.20 bits per heavy atom. The highest BCUT2D eigenvalue weighted by Crippen LogP contribution is 2.40. The molecule has 1 aromatic carbocycles. The zero-order chi connectivity index (χ0) is 21.5. The van der Waals surface area contributed by atoms with Gasteiger partial charge in [0.1, 0.15) is 11.6 Å². The first kappa shape index (κ1) is 21.8. The lowest BCUT2D eigenvalue weighted by Gasteiger charge is -2.30. The van der Waals surface area contributed by atoms with Gasteiger partial charge in [0.15, 0.2) is 0 Å². The molecule has 6 heteroatoms. The van der Waals surface area contributed by atoms with E-state index in [0.717, 1.165) is 37.1 Å². The molecule has 1 aliphatic heterocycles. The van der Waals surface area contributed by atoms with Gasteiger partial charge in [-0.25, -0.2) is 9.38 Å². The number of hydrogen-bond donors (Lipinski definition) is 4. The van der Waals surface area contributed by atoms with Crippen molar-refractivity contribution in [2.45, 2.75) is 51.0 Å². The molecule has 0 saturated heterocycles. The van der Waals surface area contributed by atoms with Gasteiger partial charge >= 0.3 is 0 Å². The van der Waals surface area contributed by atoms with Crippen LogP contribution in [0.15, 0.2) is 53.6 Å². The minimum atomic E-state index is -0.297. The average molecular weight is 410 g/mol. The van der Waals surface area contributed by atoms with Gasteiger partial charge in [-0.15, -0.1) is 0 Å². The number of nitrogens with zero attached hydrogens (tertiary/aromatic N) is 1. The van der Waals surface area contributed by atoms with Crippen molar-refractivity contribution in [3.05, 3.63) is 71.1 Å². The highest BCUT2D eigenvalue weighted by molar-refractivity contribution is 5.70. The summed E-state index contributed by atoms with van der Waals surface area (Å²) in [4.78, 5) is 4.13. The second-order valence-corrected chi connectivity index (χ2v) is 8.23. The van der Waals surface area contributed by atoms with Crippen molar-refractivity contribution in [1.29, 1.82) is 5.41 Å². The number of rotatable bonds is 10. The van der Waals surface area contributed by atoms with Crippen LogP contribution >= 0.6 is 0 Å². The van der Waals surface area contributed by atoms with E-state index in [2.05, 4.69) is 35.2 Å². The summed E-state index contributed by atoms with van der Waals surface area (Å²) in [7, 11) is 0. The first-order valence-electron chi connectivity index (χ1n) is 10.7. The largest absolute Gasteiger partial charge is 0.385 e. The quantitative estimate of drug-likeness (QED) is 0.340. The average Bonchev–Trinajstić information content (AvgIpc) is 2.70. The van der Waals surface area contributed by atoms with E-state index >= 15 is 4.39 Å². The monoisotopic (exact) mass is 409 g/mol. The van der Waals surface area contributed by atoms with Crippen molar-refractivity contribution in [2.75, 3.05) is 6.54 Å². The molecule has 0 aromatic heterocycles. The summed E-state index contributed by atoms with van der Waals surface area (Å²) in [6, 6.07) is 3.72. The fourth-order valence-electron chi connectivity index (χ4n) is 3.86. The van der Waals surface area contributed by atoms with Gasteiger partial charge in [-0.2, -0.15) is 0 Å². The second kappa shape index (κ2) is 10.2. The molecule has 1 fully saturated rings. The summed E-state index contributed by atoms with van der Waals surface area (Å²) in [5.74, 6) is 1.13. The fourth-order valence-corrected chi connectivity index (χ4v) is 3.86. The molecule has 0 amide bonds. The SMILES string of the molecule is C=C(/C=C\C=N)NCC(C)CCc1c(C2CCC2)ccc(C2C=NC(N)=CN2)c1F. The number of hydrogen-bond acceptors (Lipinski definition) is 5. The molecule has 30 heavy (non-hydrogen) atoms. The van der Waals surface area contributed by atoms with Gasteiger partial charge in [0.25, 0.3) is 0 Å². The molecule has 1 heterocycles. The van der Waals surface area contributed by atoms with Crippen molar-refractivity contribution in [1.82, 2.24) is 10.6 Å². The van der Waals surface area contributed by atoms with Crippen LogP contribution in [0.25, 0.3) is 0 Å². The van der Waals surface area contributed by atoms with Crippen LogP contribution in [0.1, 0.15) is 61.3 Å². The zero-order valence-electron chi connectivity index (χ0n) is 17.6. The van der Waals surface area contributed by atoms with E-state index in [1.165, 1.54) is 18.2 Å². The lowest BCUT2D eigenvalue weighted by atomic mass is 9.76. The Balaban J connectivity index is 1.70. The van der Waals surface area contributed by atoms with Crippen LogP contribution in [0, 0.1) is 17.1 Å². The van der Waals surface area contributed by atoms with Gasteiger partial charge in [-0.3, -0.25) is 0 Å². The van der Waals surface area contributed by atoms with Gasteiger partial charge in [0, 0.05) is 36.4 Å². The first-order valence-corrected chi connectivity index (χ1v) is 10.7. The molecule has 5 nitrogen and oxygen atoms in total. The summed E-state index contributed by atoms with van der Waals surface area (Å²) >= 11 is 0. The molecule has 0 bridgehead atoms. The normalized spacial score (nSPS) is 19.7. The Kier molecular flexibility index (Phi) is 7.44. The maximum absolute atomic E-state index is 15.6.